The van der Waals surface area contributed by atoms with E-state index < -0.39 is 10.2 Å². The minimum Gasteiger partial charge on any atom is -0.379 e. The molecule has 0 aromatic rings. The number of hydrogen-bond acceptors (Lipinski definition) is 4. The van der Waals surface area contributed by atoms with Crippen molar-refractivity contribution in [1.29, 1.82) is 0 Å². The molecule has 2 aliphatic rings. The third-order valence-corrected chi connectivity index (χ3v) is 4.60. The highest BCUT2D eigenvalue weighted by molar-refractivity contribution is 7.87. The highest BCUT2D eigenvalue weighted by Crippen LogP contribution is 2.07. The zero-order valence-electron chi connectivity index (χ0n) is 9.72. The molecule has 0 aliphatic carbocycles. The molecular weight excluding hydrogens is 266 g/mol. The van der Waals surface area contributed by atoms with E-state index in [1.54, 1.807) is 0 Å². The summed E-state index contributed by atoms with van der Waals surface area (Å²) in [4.78, 5) is 0. The molecule has 0 aromatic carbocycles. The minimum atomic E-state index is -3.32. The molecule has 8 heteroatoms. The van der Waals surface area contributed by atoms with Gasteiger partial charge in [0.1, 0.15) is 0 Å². The maximum atomic E-state index is 12.0. The summed E-state index contributed by atoms with van der Waals surface area (Å²) in [6.07, 6.45) is 1.94. The number of piperidine rings is 1. The smallest absolute Gasteiger partial charge is 0.279 e. The fourth-order valence-electron chi connectivity index (χ4n) is 2.02. The Labute approximate surface area is 109 Å². The summed E-state index contributed by atoms with van der Waals surface area (Å²) in [6, 6.07) is 0.0293. The van der Waals surface area contributed by atoms with Crippen LogP contribution in [0.4, 0.5) is 0 Å². The van der Waals surface area contributed by atoms with Crippen LogP contribution in [-0.4, -0.2) is 58.2 Å². The topological polar surface area (TPSA) is 70.7 Å². The second-order valence-corrected chi connectivity index (χ2v) is 5.88. The molecule has 2 N–H and O–H groups in total. The molecule has 2 aliphatic heterocycles. The van der Waals surface area contributed by atoms with Crippen LogP contribution in [0.25, 0.3) is 0 Å². The summed E-state index contributed by atoms with van der Waals surface area (Å²) in [5, 5.41) is 3.19. The maximum Gasteiger partial charge on any atom is 0.279 e. The first-order valence-electron chi connectivity index (χ1n) is 5.74. The van der Waals surface area contributed by atoms with Crippen molar-refractivity contribution in [2.24, 2.45) is 0 Å². The summed E-state index contributed by atoms with van der Waals surface area (Å²) >= 11 is 0. The molecule has 102 valence electrons. The maximum absolute atomic E-state index is 12.0. The molecule has 0 bridgehead atoms. The summed E-state index contributed by atoms with van der Waals surface area (Å²) in [6.45, 7) is 3.60. The normalized spacial score (nSPS) is 27.4. The van der Waals surface area contributed by atoms with Gasteiger partial charge in [-0.1, -0.05) is 0 Å². The first kappa shape index (κ1) is 15.1. The van der Waals surface area contributed by atoms with E-state index in [0.717, 1.165) is 25.9 Å². The predicted octanol–water partition coefficient (Wildman–Crippen LogP) is -0.673. The molecular formula is C9H20ClN3O3S. The molecule has 2 saturated heterocycles. The van der Waals surface area contributed by atoms with Crippen LogP contribution in [0, 0.1) is 0 Å². The Morgan fingerprint density at radius 3 is 2.59 bits per heavy atom. The Morgan fingerprint density at radius 1 is 1.29 bits per heavy atom. The third kappa shape index (κ3) is 4.35. The predicted molar refractivity (Wildman–Crippen MR) is 67.6 cm³/mol. The fourth-order valence-corrected chi connectivity index (χ4v) is 3.43. The molecule has 0 aromatic heterocycles. The highest BCUT2D eigenvalue weighted by Gasteiger charge is 2.27. The number of rotatable bonds is 3. The van der Waals surface area contributed by atoms with Gasteiger partial charge in [-0.2, -0.15) is 17.4 Å². The van der Waals surface area contributed by atoms with Crippen LogP contribution in [0.1, 0.15) is 12.8 Å². The van der Waals surface area contributed by atoms with Crippen molar-refractivity contribution in [2.75, 3.05) is 39.4 Å². The van der Waals surface area contributed by atoms with E-state index in [1.165, 1.54) is 4.31 Å². The van der Waals surface area contributed by atoms with Crippen molar-refractivity contribution < 1.29 is 13.2 Å². The Morgan fingerprint density at radius 2 is 2.00 bits per heavy atom. The average Bonchev–Trinajstić information content (AvgIpc) is 2.31. The van der Waals surface area contributed by atoms with Gasteiger partial charge in [-0.15, -0.1) is 12.4 Å². The monoisotopic (exact) mass is 285 g/mol. The molecule has 2 rings (SSSR count). The van der Waals surface area contributed by atoms with E-state index in [1.807, 2.05) is 0 Å². The van der Waals surface area contributed by atoms with Crippen LogP contribution in [0.5, 0.6) is 0 Å². The number of morpholine rings is 1. The summed E-state index contributed by atoms with van der Waals surface area (Å²) in [5.41, 5.74) is 0. The van der Waals surface area contributed by atoms with Gasteiger partial charge in [0.2, 0.25) is 0 Å². The van der Waals surface area contributed by atoms with Gasteiger partial charge < -0.3 is 10.1 Å². The van der Waals surface area contributed by atoms with Gasteiger partial charge in [-0.05, 0) is 19.4 Å². The average molecular weight is 286 g/mol. The van der Waals surface area contributed by atoms with Crippen LogP contribution in [0.15, 0.2) is 0 Å². The number of ether oxygens (including phenoxy) is 1. The molecule has 17 heavy (non-hydrogen) atoms. The van der Waals surface area contributed by atoms with Crippen molar-refractivity contribution >= 4 is 22.6 Å². The molecule has 0 spiro atoms. The number of nitrogens with zero attached hydrogens (tertiary/aromatic N) is 1. The largest absolute Gasteiger partial charge is 0.379 e. The second-order valence-electron chi connectivity index (χ2n) is 4.18. The number of hydrogen-bond donors (Lipinski definition) is 2. The van der Waals surface area contributed by atoms with E-state index >= 15 is 0 Å². The molecule has 0 radical (unpaired) electrons. The van der Waals surface area contributed by atoms with E-state index in [2.05, 4.69) is 10.0 Å². The van der Waals surface area contributed by atoms with Gasteiger partial charge in [-0.25, -0.2) is 0 Å². The highest BCUT2D eigenvalue weighted by atomic mass is 35.5. The van der Waals surface area contributed by atoms with Crippen molar-refractivity contribution in [3.05, 3.63) is 0 Å². The SMILES string of the molecule is Cl.O=S(=O)(N[C@H]1CCCNC1)N1CCOCC1. The molecule has 0 unspecified atom stereocenters. The lowest BCUT2D eigenvalue weighted by molar-refractivity contribution is 0.0722. The van der Waals surface area contributed by atoms with E-state index in [9.17, 15) is 8.42 Å². The number of halogens is 1. The van der Waals surface area contributed by atoms with Gasteiger partial charge >= 0.3 is 0 Å². The third-order valence-electron chi connectivity index (χ3n) is 2.92. The Kier molecular flexibility index (Phi) is 6.11. The Balaban J connectivity index is 0.00000144. The lowest BCUT2D eigenvalue weighted by Gasteiger charge is -2.30. The standard InChI is InChI=1S/C9H19N3O3S.ClH/c13-16(14,12-4-6-15-7-5-12)11-9-2-1-3-10-8-9;/h9-11H,1-8H2;1H/t9-;/m0./s1. The zero-order chi connectivity index (χ0) is 11.4. The zero-order valence-corrected chi connectivity index (χ0v) is 11.4. The van der Waals surface area contributed by atoms with Crippen LogP contribution in [0.2, 0.25) is 0 Å². The lowest BCUT2D eigenvalue weighted by atomic mass is 10.1. The van der Waals surface area contributed by atoms with Crippen LogP contribution >= 0.6 is 12.4 Å². The summed E-state index contributed by atoms with van der Waals surface area (Å²) < 4.78 is 33.3. The van der Waals surface area contributed by atoms with Crippen molar-refractivity contribution in [1.82, 2.24) is 14.3 Å². The molecule has 0 amide bonds. The van der Waals surface area contributed by atoms with Gasteiger partial charge in [0.25, 0.3) is 10.2 Å². The summed E-state index contributed by atoms with van der Waals surface area (Å²) in [5.74, 6) is 0. The first-order chi connectivity index (χ1) is 7.68. The van der Waals surface area contributed by atoms with Gasteiger partial charge in [0, 0.05) is 25.7 Å². The summed E-state index contributed by atoms with van der Waals surface area (Å²) in [7, 11) is -3.32. The molecule has 2 fully saturated rings. The number of nitrogens with one attached hydrogen (secondary N) is 2. The molecule has 0 saturated carbocycles. The van der Waals surface area contributed by atoms with Crippen LogP contribution in [0.3, 0.4) is 0 Å². The molecule has 2 heterocycles. The van der Waals surface area contributed by atoms with Crippen molar-refractivity contribution in [3.8, 4) is 0 Å². The first-order valence-corrected chi connectivity index (χ1v) is 7.18. The minimum absolute atomic E-state index is 0. The van der Waals surface area contributed by atoms with Gasteiger partial charge in [0.05, 0.1) is 13.2 Å². The van der Waals surface area contributed by atoms with E-state index in [-0.39, 0.29) is 18.4 Å². The molecule has 6 nitrogen and oxygen atoms in total. The van der Waals surface area contributed by atoms with Crippen molar-refractivity contribution in [3.63, 3.8) is 0 Å². The van der Waals surface area contributed by atoms with Gasteiger partial charge in [-0.3, -0.25) is 0 Å². The second kappa shape index (κ2) is 6.86. The fraction of sp³-hybridized carbons (Fsp3) is 1.00. The quantitative estimate of drug-likeness (QED) is 0.721. The van der Waals surface area contributed by atoms with Crippen LogP contribution in [-0.2, 0) is 14.9 Å². The Bertz CT molecular complexity index is 313. The van der Waals surface area contributed by atoms with Crippen molar-refractivity contribution in [2.45, 2.75) is 18.9 Å². The Hall–Kier alpha value is 0.0800. The van der Waals surface area contributed by atoms with Crippen LogP contribution < -0.4 is 10.0 Å². The molecule has 1 atom stereocenters. The van der Waals surface area contributed by atoms with Gasteiger partial charge in [0.15, 0.2) is 0 Å². The lowest BCUT2D eigenvalue weighted by Crippen LogP contribution is -2.53. The van der Waals surface area contributed by atoms with E-state index in [4.69, 9.17) is 4.74 Å². The van der Waals surface area contributed by atoms with E-state index in [0.29, 0.717) is 26.3 Å².